The second-order valence-electron chi connectivity index (χ2n) is 6.27. The number of nitrogens with one attached hydrogen (secondary N) is 2. The Labute approximate surface area is 150 Å². The first-order valence-corrected chi connectivity index (χ1v) is 8.23. The van der Waals surface area contributed by atoms with Gasteiger partial charge >= 0.3 is 0 Å². The molecule has 0 bridgehead atoms. The van der Waals surface area contributed by atoms with E-state index in [1.807, 2.05) is 45.3 Å². The van der Waals surface area contributed by atoms with E-state index in [0.29, 0.717) is 17.0 Å². The van der Waals surface area contributed by atoms with Crippen molar-refractivity contribution in [2.24, 2.45) is 7.05 Å². The van der Waals surface area contributed by atoms with Crippen LogP contribution in [0.2, 0.25) is 0 Å². The summed E-state index contributed by atoms with van der Waals surface area (Å²) in [5, 5.41) is 10.2. The highest BCUT2D eigenvalue weighted by molar-refractivity contribution is 6.31. The van der Waals surface area contributed by atoms with Crippen LogP contribution in [0, 0.1) is 6.92 Å². The van der Waals surface area contributed by atoms with Gasteiger partial charge in [0.25, 0.3) is 5.91 Å². The maximum atomic E-state index is 12.5. The molecule has 0 atom stereocenters. The third kappa shape index (κ3) is 2.73. The Morgan fingerprint density at radius 1 is 1.23 bits per heavy atom. The Balaban J connectivity index is 1.78. The normalized spacial score (nSPS) is 14.8. The molecular weight excluding hydrogens is 328 g/mol. The molecule has 0 unspecified atom stereocenters. The van der Waals surface area contributed by atoms with Gasteiger partial charge in [0.15, 0.2) is 0 Å². The van der Waals surface area contributed by atoms with Gasteiger partial charge in [-0.25, -0.2) is 4.98 Å². The van der Waals surface area contributed by atoms with Gasteiger partial charge in [-0.2, -0.15) is 5.10 Å². The van der Waals surface area contributed by atoms with Crippen molar-refractivity contribution in [2.75, 3.05) is 10.6 Å². The van der Waals surface area contributed by atoms with E-state index in [4.69, 9.17) is 4.98 Å². The molecule has 7 nitrogen and oxygen atoms in total. The smallest absolute Gasteiger partial charge is 0.259 e. The minimum Gasteiger partial charge on any atom is -0.356 e. The number of hydrogen-bond donors (Lipinski definition) is 2. The summed E-state index contributed by atoms with van der Waals surface area (Å²) in [6.45, 7) is 3.88. The summed E-state index contributed by atoms with van der Waals surface area (Å²) in [6, 6.07) is 5.72. The average molecular weight is 346 g/mol. The van der Waals surface area contributed by atoms with E-state index in [0.717, 1.165) is 28.2 Å². The number of anilines is 2. The molecule has 3 aromatic heterocycles. The van der Waals surface area contributed by atoms with Crippen LogP contribution >= 0.6 is 0 Å². The zero-order valence-corrected chi connectivity index (χ0v) is 14.7. The first kappa shape index (κ1) is 16.0. The van der Waals surface area contributed by atoms with E-state index >= 15 is 0 Å². The molecule has 0 aromatic carbocycles. The summed E-state index contributed by atoms with van der Waals surface area (Å²) in [7, 11) is 1.84. The molecule has 130 valence electrons. The van der Waals surface area contributed by atoms with Gasteiger partial charge in [-0.05, 0) is 37.6 Å². The quantitative estimate of drug-likeness (QED) is 0.712. The predicted octanol–water partition coefficient (Wildman–Crippen LogP) is 2.98. The molecule has 1 aliphatic heterocycles. The van der Waals surface area contributed by atoms with Gasteiger partial charge in [-0.1, -0.05) is 0 Å². The maximum Gasteiger partial charge on any atom is 0.259 e. The molecule has 0 fully saturated rings. The highest BCUT2D eigenvalue weighted by atomic mass is 16.2. The molecule has 1 aliphatic rings. The van der Waals surface area contributed by atoms with E-state index in [1.165, 1.54) is 0 Å². The first-order valence-electron chi connectivity index (χ1n) is 8.23. The average Bonchev–Trinajstić information content (AvgIpc) is 3.16. The third-order valence-corrected chi connectivity index (χ3v) is 4.33. The SMILES string of the molecule is C/C(Nc1cnn(C)c1)=C1/C(=O)Nc2ccc(-c3cnccc3C)nc21. The van der Waals surface area contributed by atoms with Crippen LogP contribution in [0.4, 0.5) is 11.4 Å². The van der Waals surface area contributed by atoms with E-state index in [-0.39, 0.29) is 5.91 Å². The number of aromatic nitrogens is 4. The molecule has 26 heavy (non-hydrogen) atoms. The molecule has 4 heterocycles. The van der Waals surface area contributed by atoms with Crippen LogP contribution < -0.4 is 10.6 Å². The molecule has 0 spiro atoms. The number of nitrogens with zero attached hydrogens (tertiary/aromatic N) is 4. The van der Waals surface area contributed by atoms with Crippen LogP contribution in [0.15, 0.2) is 48.7 Å². The van der Waals surface area contributed by atoms with Crippen molar-refractivity contribution in [3.8, 4) is 11.3 Å². The van der Waals surface area contributed by atoms with E-state index in [1.54, 1.807) is 23.3 Å². The van der Waals surface area contributed by atoms with Crippen molar-refractivity contribution in [3.63, 3.8) is 0 Å². The first-order chi connectivity index (χ1) is 12.5. The van der Waals surface area contributed by atoms with Gasteiger partial charge in [0.05, 0.1) is 28.8 Å². The molecule has 0 radical (unpaired) electrons. The molecular formula is C19H18N6O. The maximum absolute atomic E-state index is 12.5. The number of aryl methyl sites for hydroxylation is 2. The Morgan fingerprint density at radius 2 is 2.08 bits per heavy atom. The molecule has 3 aromatic rings. The van der Waals surface area contributed by atoms with Gasteiger partial charge in [0.2, 0.25) is 0 Å². The van der Waals surface area contributed by atoms with Crippen LogP contribution in [0.3, 0.4) is 0 Å². The standard InChI is InChI=1S/C19H18N6O/c1-11-6-7-20-9-14(11)15-4-5-16-18(23-15)17(19(26)24-16)12(2)22-13-8-21-25(3)10-13/h4-10,22H,1-3H3,(H,24,26)/b17-12-. The molecule has 0 saturated carbocycles. The Kier molecular flexibility index (Phi) is 3.76. The van der Waals surface area contributed by atoms with Crippen molar-refractivity contribution in [1.82, 2.24) is 19.7 Å². The fraction of sp³-hybridized carbons (Fsp3) is 0.158. The minimum atomic E-state index is -0.165. The van der Waals surface area contributed by atoms with E-state index in [2.05, 4.69) is 20.7 Å². The zero-order chi connectivity index (χ0) is 18.3. The number of carbonyl (C=O) groups is 1. The lowest BCUT2D eigenvalue weighted by Crippen LogP contribution is -2.08. The van der Waals surface area contributed by atoms with Crippen LogP contribution in [0.25, 0.3) is 16.8 Å². The van der Waals surface area contributed by atoms with Crippen LogP contribution in [0.1, 0.15) is 18.2 Å². The topological polar surface area (TPSA) is 84.7 Å². The number of amides is 1. The van der Waals surface area contributed by atoms with Gasteiger partial charge < -0.3 is 10.6 Å². The van der Waals surface area contributed by atoms with Gasteiger partial charge in [-0.15, -0.1) is 0 Å². The minimum absolute atomic E-state index is 0.165. The highest BCUT2D eigenvalue weighted by Gasteiger charge is 2.28. The molecule has 0 saturated heterocycles. The second kappa shape index (κ2) is 6.11. The van der Waals surface area contributed by atoms with Crippen LogP contribution in [-0.2, 0) is 11.8 Å². The highest BCUT2D eigenvalue weighted by Crippen LogP contribution is 2.34. The fourth-order valence-electron chi connectivity index (χ4n) is 3.04. The Morgan fingerprint density at radius 3 is 2.81 bits per heavy atom. The van der Waals surface area contributed by atoms with Crippen LogP contribution in [0.5, 0.6) is 0 Å². The van der Waals surface area contributed by atoms with Gasteiger partial charge in [0.1, 0.15) is 5.69 Å². The largest absolute Gasteiger partial charge is 0.356 e. The lowest BCUT2D eigenvalue weighted by molar-refractivity contribution is -0.110. The summed E-state index contributed by atoms with van der Waals surface area (Å²) in [5.41, 5.74) is 6.25. The number of carbonyl (C=O) groups excluding carboxylic acids is 1. The number of pyridine rings is 2. The Bertz CT molecular complexity index is 1050. The summed E-state index contributed by atoms with van der Waals surface area (Å²) in [5.74, 6) is -0.165. The molecule has 0 aliphatic carbocycles. The fourth-order valence-corrected chi connectivity index (χ4v) is 3.04. The molecule has 4 rings (SSSR count). The number of allylic oxidation sites excluding steroid dienone is 1. The van der Waals surface area contributed by atoms with Crippen molar-refractivity contribution in [2.45, 2.75) is 13.8 Å². The summed E-state index contributed by atoms with van der Waals surface area (Å²) in [4.78, 5) is 21.4. The monoisotopic (exact) mass is 346 g/mol. The van der Waals surface area contributed by atoms with Crippen molar-refractivity contribution in [3.05, 3.63) is 59.9 Å². The van der Waals surface area contributed by atoms with Crippen molar-refractivity contribution < 1.29 is 4.79 Å². The van der Waals surface area contributed by atoms with Crippen LogP contribution in [-0.4, -0.2) is 25.7 Å². The van der Waals surface area contributed by atoms with E-state index < -0.39 is 0 Å². The van der Waals surface area contributed by atoms with Crippen molar-refractivity contribution in [1.29, 1.82) is 0 Å². The second-order valence-corrected chi connectivity index (χ2v) is 6.27. The summed E-state index contributed by atoms with van der Waals surface area (Å²) in [6.07, 6.45) is 7.10. The molecule has 1 amide bonds. The summed E-state index contributed by atoms with van der Waals surface area (Å²) >= 11 is 0. The van der Waals surface area contributed by atoms with Gasteiger partial charge in [0, 0.05) is 36.9 Å². The number of rotatable bonds is 3. The number of hydrogen-bond acceptors (Lipinski definition) is 5. The lowest BCUT2D eigenvalue weighted by atomic mass is 10.1. The van der Waals surface area contributed by atoms with Gasteiger partial charge in [-0.3, -0.25) is 14.5 Å². The molecule has 7 heteroatoms. The molecule has 2 N–H and O–H groups in total. The number of fused-ring (bicyclic) bond motifs is 1. The van der Waals surface area contributed by atoms with Crippen molar-refractivity contribution >= 4 is 22.9 Å². The lowest BCUT2D eigenvalue weighted by Gasteiger charge is -2.09. The van der Waals surface area contributed by atoms with E-state index in [9.17, 15) is 4.79 Å². The Hall–Kier alpha value is -3.48. The summed E-state index contributed by atoms with van der Waals surface area (Å²) < 4.78 is 1.70. The third-order valence-electron chi connectivity index (χ3n) is 4.33. The predicted molar refractivity (Wildman–Crippen MR) is 100 cm³/mol. The zero-order valence-electron chi connectivity index (χ0n) is 14.7.